The molecule has 19 heavy (non-hydrogen) atoms. The Morgan fingerprint density at radius 2 is 1.95 bits per heavy atom. The fraction of sp³-hybridized carbons (Fsp3) is 0.176. The van der Waals surface area contributed by atoms with Crippen molar-refractivity contribution in [2.24, 2.45) is 0 Å². The Morgan fingerprint density at radius 3 is 2.63 bits per heavy atom. The smallest absolute Gasteiger partial charge is 0.0458 e. The summed E-state index contributed by atoms with van der Waals surface area (Å²) in [4.78, 5) is 3.34. The molecule has 0 saturated carbocycles. The lowest BCUT2D eigenvalue weighted by Gasteiger charge is -1.90. The van der Waals surface area contributed by atoms with Crippen molar-refractivity contribution < 1.29 is 0 Å². The SMILES string of the molecule is C=C(/C=C\NC)/C=C/c1cc2ccccc2[nH]1.CC. The van der Waals surface area contributed by atoms with E-state index in [-0.39, 0.29) is 0 Å². The summed E-state index contributed by atoms with van der Waals surface area (Å²) in [6, 6.07) is 10.4. The second-order valence-corrected chi connectivity index (χ2v) is 3.84. The maximum Gasteiger partial charge on any atom is 0.0458 e. The van der Waals surface area contributed by atoms with Crippen LogP contribution in [0.3, 0.4) is 0 Å². The van der Waals surface area contributed by atoms with E-state index >= 15 is 0 Å². The highest BCUT2D eigenvalue weighted by Crippen LogP contribution is 2.15. The third-order valence-corrected chi connectivity index (χ3v) is 2.49. The lowest BCUT2D eigenvalue weighted by molar-refractivity contribution is 1.10. The zero-order chi connectivity index (χ0) is 14.1. The van der Waals surface area contributed by atoms with Gasteiger partial charge in [-0.2, -0.15) is 0 Å². The van der Waals surface area contributed by atoms with Gasteiger partial charge in [0.05, 0.1) is 0 Å². The first-order valence-corrected chi connectivity index (χ1v) is 6.58. The molecule has 0 aliphatic heterocycles. The van der Waals surface area contributed by atoms with E-state index in [1.165, 1.54) is 5.39 Å². The maximum absolute atomic E-state index is 3.93. The summed E-state index contributed by atoms with van der Waals surface area (Å²) in [6.07, 6.45) is 7.80. The quantitative estimate of drug-likeness (QED) is 0.773. The second-order valence-electron chi connectivity index (χ2n) is 3.84. The van der Waals surface area contributed by atoms with E-state index in [4.69, 9.17) is 0 Å². The summed E-state index contributed by atoms with van der Waals surface area (Å²) in [6.45, 7) is 7.93. The third-order valence-electron chi connectivity index (χ3n) is 2.49. The number of H-pyrrole nitrogens is 1. The minimum atomic E-state index is 0.956. The van der Waals surface area contributed by atoms with Crippen LogP contribution in [0.25, 0.3) is 17.0 Å². The highest BCUT2D eigenvalue weighted by Gasteiger charge is 1.95. The standard InChI is InChI=1S/C15H16N2.C2H6/c1-12(9-10-16-2)7-8-14-11-13-5-3-4-6-15(13)17-14;1-2/h3-11,16-17H,1H2,2H3;1-2H3/b8-7+,10-9-;. The molecule has 0 atom stereocenters. The Labute approximate surface area is 115 Å². The lowest BCUT2D eigenvalue weighted by atomic mass is 10.2. The van der Waals surface area contributed by atoms with Gasteiger partial charge >= 0.3 is 0 Å². The fourth-order valence-electron chi connectivity index (χ4n) is 1.63. The van der Waals surface area contributed by atoms with Crippen LogP contribution in [-0.2, 0) is 0 Å². The molecule has 2 N–H and O–H groups in total. The Hall–Kier alpha value is -2.22. The molecule has 2 heteroatoms. The van der Waals surface area contributed by atoms with Gasteiger partial charge in [-0.05, 0) is 41.4 Å². The van der Waals surface area contributed by atoms with Crippen molar-refractivity contribution in [3.8, 4) is 0 Å². The van der Waals surface area contributed by atoms with Crippen LogP contribution in [0.15, 0.2) is 60.8 Å². The largest absolute Gasteiger partial charge is 0.394 e. The number of aromatic amines is 1. The summed E-state index contributed by atoms with van der Waals surface area (Å²) in [5.74, 6) is 0. The predicted octanol–water partition coefficient (Wildman–Crippen LogP) is 4.50. The average Bonchev–Trinajstić information content (AvgIpc) is 2.88. The molecule has 0 radical (unpaired) electrons. The van der Waals surface area contributed by atoms with Crippen molar-refractivity contribution in [3.63, 3.8) is 0 Å². The molecule has 0 unspecified atom stereocenters. The minimum Gasteiger partial charge on any atom is -0.394 e. The van der Waals surface area contributed by atoms with Crippen molar-refractivity contribution in [2.45, 2.75) is 13.8 Å². The zero-order valence-corrected chi connectivity index (χ0v) is 11.9. The third kappa shape index (κ3) is 4.51. The van der Waals surface area contributed by atoms with Gasteiger partial charge in [0.2, 0.25) is 0 Å². The zero-order valence-electron chi connectivity index (χ0n) is 11.9. The molecule has 0 fully saturated rings. The molecule has 0 bridgehead atoms. The molecule has 2 aromatic rings. The topological polar surface area (TPSA) is 27.8 Å². The van der Waals surface area contributed by atoms with E-state index < -0.39 is 0 Å². The molecule has 100 valence electrons. The van der Waals surface area contributed by atoms with Crippen LogP contribution >= 0.6 is 0 Å². The Kier molecular flexibility index (Phi) is 6.23. The fourth-order valence-corrected chi connectivity index (χ4v) is 1.63. The molecular weight excluding hydrogens is 232 g/mol. The van der Waals surface area contributed by atoms with Crippen LogP contribution in [0.1, 0.15) is 19.5 Å². The lowest BCUT2D eigenvalue weighted by Crippen LogP contribution is -1.90. The summed E-state index contributed by atoms with van der Waals surface area (Å²) >= 11 is 0. The van der Waals surface area contributed by atoms with Gasteiger partial charge in [-0.3, -0.25) is 0 Å². The van der Waals surface area contributed by atoms with E-state index in [2.05, 4.69) is 35.1 Å². The van der Waals surface area contributed by atoms with E-state index in [0.717, 1.165) is 16.8 Å². The summed E-state index contributed by atoms with van der Waals surface area (Å²) < 4.78 is 0. The van der Waals surface area contributed by atoms with Gasteiger partial charge in [0.1, 0.15) is 0 Å². The number of fused-ring (bicyclic) bond motifs is 1. The first kappa shape index (κ1) is 14.8. The molecule has 1 heterocycles. The van der Waals surface area contributed by atoms with E-state index in [1.54, 1.807) is 0 Å². The van der Waals surface area contributed by atoms with Crippen molar-refractivity contribution in [1.82, 2.24) is 10.3 Å². The van der Waals surface area contributed by atoms with Crippen LogP contribution in [0.2, 0.25) is 0 Å². The minimum absolute atomic E-state index is 0.956. The van der Waals surface area contributed by atoms with E-state index in [1.807, 2.05) is 57.5 Å². The number of nitrogens with one attached hydrogen (secondary N) is 2. The van der Waals surface area contributed by atoms with E-state index in [0.29, 0.717) is 0 Å². The predicted molar refractivity (Wildman–Crippen MR) is 86.0 cm³/mol. The van der Waals surface area contributed by atoms with Gasteiger partial charge < -0.3 is 10.3 Å². The summed E-state index contributed by atoms with van der Waals surface area (Å²) in [7, 11) is 1.87. The molecule has 0 saturated heterocycles. The molecule has 1 aromatic heterocycles. The van der Waals surface area contributed by atoms with Crippen molar-refractivity contribution in [2.75, 3.05) is 7.05 Å². The molecule has 2 rings (SSSR count). The number of para-hydroxylation sites is 1. The number of allylic oxidation sites excluding steroid dienone is 3. The number of hydrogen-bond acceptors (Lipinski definition) is 1. The number of hydrogen-bond donors (Lipinski definition) is 2. The monoisotopic (exact) mass is 254 g/mol. The average molecular weight is 254 g/mol. The molecule has 0 amide bonds. The molecule has 1 aromatic carbocycles. The summed E-state index contributed by atoms with van der Waals surface area (Å²) in [5.41, 5.74) is 3.20. The molecular formula is C17H22N2. The highest BCUT2D eigenvalue weighted by molar-refractivity contribution is 5.82. The van der Waals surface area contributed by atoms with Gasteiger partial charge in [-0.15, -0.1) is 0 Å². The molecule has 0 aliphatic carbocycles. The van der Waals surface area contributed by atoms with Gasteiger partial charge in [0, 0.05) is 18.3 Å². The van der Waals surface area contributed by atoms with Crippen LogP contribution in [0.4, 0.5) is 0 Å². The first-order valence-electron chi connectivity index (χ1n) is 6.58. The van der Waals surface area contributed by atoms with Crippen molar-refractivity contribution >= 4 is 17.0 Å². The first-order chi connectivity index (χ1) is 9.29. The molecule has 2 nitrogen and oxygen atoms in total. The van der Waals surface area contributed by atoms with Gasteiger partial charge in [-0.1, -0.05) is 44.7 Å². The van der Waals surface area contributed by atoms with Gasteiger partial charge in [0.15, 0.2) is 0 Å². The Bertz CT molecular complexity index is 541. The normalized spacial score (nSPS) is 10.7. The van der Waals surface area contributed by atoms with Gasteiger partial charge in [-0.25, -0.2) is 0 Å². The second kappa shape index (κ2) is 7.98. The van der Waals surface area contributed by atoms with Crippen LogP contribution in [0.5, 0.6) is 0 Å². The Morgan fingerprint density at radius 1 is 1.21 bits per heavy atom. The summed E-state index contributed by atoms with van der Waals surface area (Å²) in [5, 5.41) is 4.16. The van der Waals surface area contributed by atoms with Crippen LogP contribution < -0.4 is 5.32 Å². The molecule has 0 aliphatic rings. The van der Waals surface area contributed by atoms with Gasteiger partial charge in [0.25, 0.3) is 0 Å². The maximum atomic E-state index is 3.93. The Balaban J connectivity index is 0.000000861. The van der Waals surface area contributed by atoms with Crippen LogP contribution in [-0.4, -0.2) is 12.0 Å². The van der Waals surface area contributed by atoms with Crippen LogP contribution in [0, 0.1) is 0 Å². The number of benzene rings is 1. The molecule has 0 spiro atoms. The van der Waals surface area contributed by atoms with Crippen molar-refractivity contribution in [3.05, 3.63) is 66.5 Å². The number of aromatic nitrogens is 1. The van der Waals surface area contributed by atoms with E-state index in [9.17, 15) is 0 Å². The van der Waals surface area contributed by atoms with Crippen molar-refractivity contribution in [1.29, 1.82) is 0 Å². The number of rotatable bonds is 4. The highest BCUT2D eigenvalue weighted by atomic mass is 14.8.